The first kappa shape index (κ1) is 9.90. The molecule has 2 nitrogen and oxygen atoms in total. The van der Waals surface area contributed by atoms with Crippen LogP contribution in [0.15, 0.2) is 6.07 Å². The van der Waals surface area contributed by atoms with E-state index in [4.69, 9.17) is 9.47 Å². The first-order valence-corrected chi connectivity index (χ1v) is 4.16. The Balaban J connectivity index is 3.41. The van der Waals surface area contributed by atoms with E-state index in [1.807, 2.05) is 19.9 Å². The third-order valence-corrected chi connectivity index (χ3v) is 2.23. The minimum absolute atomic E-state index is 0.727. The van der Waals surface area contributed by atoms with Crippen molar-refractivity contribution in [2.24, 2.45) is 0 Å². The summed E-state index contributed by atoms with van der Waals surface area (Å²) in [6.45, 7) is 7.94. The van der Waals surface area contributed by atoms with Gasteiger partial charge in [-0.2, -0.15) is 0 Å². The molecule has 0 fully saturated rings. The summed E-state index contributed by atoms with van der Waals surface area (Å²) in [7, 11) is 3.27. The Kier molecular flexibility index (Phi) is 2.81. The van der Waals surface area contributed by atoms with Crippen molar-refractivity contribution in [1.82, 2.24) is 0 Å². The maximum atomic E-state index is 5.26. The van der Waals surface area contributed by atoms with Crippen LogP contribution in [0.4, 0.5) is 0 Å². The summed E-state index contributed by atoms with van der Waals surface area (Å²) in [6.07, 6.45) is 0. The summed E-state index contributed by atoms with van der Waals surface area (Å²) in [5, 5.41) is 0. The largest absolute Gasteiger partial charge is 0.493 e. The van der Waals surface area contributed by atoms with Gasteiger partial charge in [0.05, 0.1) is 14.2 Å². The van der Waals surface area contributed by atoms with Crippen molar-refractivity contribution in [3.63, 3.8) is 0 Å². The molecule has 1 radical (unpaired) electrons. The van der Waals surface area contributed by atoms with Crippen molar-refractivity contribution < 1.29 is 9.47 Å². The molecule has 0 aliphatic rings. The predicted molar refractivity (Wildman–Crippen MR) is 53.5 cm³/mol. The van der Waals surface area contributed by atoms with Gasteiger partial charge in [-0.15, -0.1) is 0 Å². The second-order valence-corrected chi connectivity index (χ2v) is 3.04. The molecular formula is C11H15O2. The van der Waals surface area contributed by atoms with Crippen molar-refractivity contribution in [3.8, 4) is 11.5 Å². The van der Waals surface area contributed by atoms with E-state index in [1.54, 1.807) is 14.2 Å². The van der Waals surface area contributed by atoms with E-state index < -0.39 is 0 Å². The summed E-state index contributed by atoms with van der Waals surface area (Å²) in [4.78, 5) is 0. The molecule has 1 aromatic rings. The molecule has 0 heterocycles. The maximum absolute atomic E-state index is 5.26. The van der Waals surface area contributed by atoms with Gasteiger partial charge in [0.1, 0.15) is 0 Å². The minimum atomic E-state index is 0.727. The van der Waals surface area contributed by atoms with E-state index in [0.29, 0.717) is 0 Å². The number of aryl methyl sites for hydroxylation is 1. The topological polar surface area (TPSA) is 18.5 Å². The number of benzene rings is 1. The summed E-state index contributed by atoms with van der Waals surface area (Å²) in [6, 6.07) is 2.00. The molecule has 0 aromatic heterocycles. The van der Waals surface area contributed by atoms with Crippen LogP contribution >= 0.6 is 0 Å². The van der Waals surface area contributed by atoms with Gasteiger partial charge in [-0.05, 0) is 37.5 Å². The van der Waals surface area contributed by atoms with Crippen molar-refractivity contribution in [1.29, 1.82) is 0 Å². The average molecular weight is 179 g/mol. The van der Waals surface area contributed by atoms with E-state index in [0.717, 1.165) is 22.6 Å². The first-order valence-electron chi connectivity index (χ1n) is 4.16. The highest BCUT2D eigenvalue weighted by molar-refractivity contribution is 5.55. The Morgan fingerprint density at radius 3 is 2.08 bits per heavy atom. The molecule has 0 saturated carbocycles. The molecule has 0 aliphatic heterocycles. The van der Waals surface area contributed by atoms with Crippen LogP contribution in [0, 0.1) is 20.8 Å². The Labute approximate surface area is 79.5 Å². The monoisotopic (exact) mass is 179 g/mol. The minimum Gasteiger partial charge on any atom is -0.493 e. The fourth-order valence-electron chi connectivity index (χ4n) is 1.40. The van der Waals surface area contributed by atoms with Gasteiger partial charge in [0.25, 0.3) is 0 Å². The number of hydrogen-bond acceptors (Lipinski definition) is 2. The molecule has 0 bridgehead atoms. The summed E-state index contributed by atoms with van der Waals surface area (Å²) < 4.78 is 10.5. The van der Waals surface area contributed by atoms with Crippen LogP contribution in [0.1, 0.15) is 16.7 Å². The molecule has 0 spiro atoms. The molecule has 0 N–H and O–H groups in total. The molecule has 0 aliphatic carbocycles. The van der Waals surface area contributed by atoms with Gasteiger partial charge in [0.2, 0.25) is 0 Å². The fourth-order valence-corrected chi connectivity index (χ4v) is 1.40. The lowest BCUT2D eigenvalue weighted by molar-refractivity contribution is 0.351. The highest BCUT2D eigenvalue weighted by Gasteiger charge is 2.11. The van der Waals surface area contributed by atoms with Gasteiger partial charge in [0, 0.05) is 0 Å². The summed E-state index contributed by atoms with van der Waals surface area (Å²) in [5.74, 6) is 1.51. The lowest BCUT2D eigenvalue weighted by Crippen LogP contribution is -1.97. The second-order valence-electron chi connectivity index (χ2n) is 3.04. The van der Waals surface area contributed by atoms with Crippen molar-refractivity contribution in [2.75, 3.05) is 14.2 Å². The number of rotatable bonds is 2. The fraction of sp³-hybridized carbons (Fsp3) is 0.364. The van der Waals surface area contributed by atoms with Crippen LogP contribution in [-0.4, -0.2) is 14.2 Å². The lowest BCUT2D eigenvalue weighted by atomic mass is 10.0. The van der Waals surface area contributed by atoms with E-state index in [9.17, 15) is 0 Å². The zero-order valence-electron chi connectivity index (χ0n) is 8.60. The number of methoxy groups -OCH3 is 2. The van der Waals surface area contributed by atoms with E-state index in [2.05, 4.69) is 6.92 Å². The third kappa shape index (κ3) is 1.62. The normalized spacial score (nSPS) is 9.92. The van der Waals surface area contributed by atoms with E-state index >= 15 is 0 Å². The van der Waals surface area contributed by atoms with E-state index in [1.165, 1.54) is 5.56 Å². The summed E-state index contributed by atoms with van der Waals surface area (Å²) in [5.41, 5.74) is 3.14. The highest BCUT2D eigenvalue weighted by atomic mass is 16.5. The van der Waals surface area contributed by atoms with Crippen LogP contribution < -0.4 is 9.47 Å². The number of hydrogen-bond donors (Lipinski definition) is 0. The Hall–Kier alpha value is -1.18. The SMILES string of the molecule is [CH2]c1cc(C)c(C)c(OC)c1OC. The van der Waals surface area contributed by atoms with Crippen molar-refractivity contribution in [3.05, 3.63) is 29.7 Å². The predicted octanol–water partition coefficient (Wildman–Crippen LogP) is 2.50. The van der Waals surface area contributed by atoms with Crippen LogP contribution in [0.3, 0.4) is 0 Å². The van der Waals surface area contributed by atoms with Crippen LogP contribution in [0.5, 0.6) is 11.5 Å². The molecule has 0 atom stereocenters. The molecular weight excluding hydrogens is 164 g/mol. The van der Waals surface area contributed by atoms with Gasteiger partial charge >= 0.3 is 0 Å². The lowest BCUT2D eigenvalue weighted by Gasteiger charge is -2.14. The molecule has 0 unspecified atom stereocenters. The molecule has 71 valence electrons. The smallest absolute Gasteiger partial charge is 0.164 e. The second kappa shape index (κ2) is 3.69. The van der Waals surface area contributed by atoms with Gasteiger partial charge in [-0.3, -0.25) is 0 Å². The Morgan fingerprint density at radius 1 is 1.08 bits per heavy atom. The zero-order valence-corrected chi connectivity index (χ0v) is 8.60. The molecule has 1 aromatic carbocycles. The van der Waals surface area contributed by atoms with Gasteiger partial charge in [-0.25, -0.2) is 0 Å². The molecule has 0 saturated heterocycles. The molecule has 13 heavy (non-hydrogen) atoms. The van der Waals surface area contributed by atoms with Crippen molar-refractivity contribution >= 4 is 0 Å². The van der Waals surface area contributed by atoms with Crippen LogP contribution in [0.2, 0.25) is 0 Å². The van der Waals surface area contributed by atoms with E-state index in [-0.39, 0.29) is 0 Å². The number of ether oxygens (including phenoxy) is 2. The third-order valence-electron chi connectivity index (χ3n) is 2.23. The first-order chi connectivity index (χ1) is 6.11. The average Bonchev–Trinajstić information content (AvgIpc) is 2.10. The van der Waals surface area contributed by atoms with Gasteiger partial charge in [0.15, 0.2) is 11.5 Å². The quantitative estimate of drug-likeness (QED) is 0.694. The van der Waals surface area contributed by atoms with Gasteiger partial charge in [-0.1, -0.05) is 6.07 Å². The zero-order chi connectivity index (χ0) is 10.0. The van der Waals surface area contributed by atoms with Crippen molar-refractivity contribution in [2.45, 2.75) is 13.8 Å². The Bertz CT molecular complexity index is 316. The Morgan fingerprint density at radius 2 is 1.62 bits per heavy atom. The molecule has 0 amide bonds. The summed E-state index contributed by atoms with van der Waals surface area (Å²) >= 11 is 0. The van der Waals surface area contributed by atoms with Crippen LogP contribution in [0.25, 0.3) is 0 Å². The molecule has 1 rings (SSSR count). The highest BCUT2D eigenvalue weighted by Crippen LogP contribution is 2.35. The van der Waals surface area contributed by atoms with Crippen LogP contribution in [-0.2, 0) is 0 Å². The van der Waals surface area contributed by atoms with Gasteiger partial charge < -0.3 is 9.47 Å². The molecule has 2 heteroatoms. The standard InChI is InChI=1S/C11H15O2/c1-7-6-8(2)10(12-4)11(13-5)9(7)3/h6H,2H2,1,3-5H3. The maximum Gasteiger partial charge on any atom is 0.164 e.